The van der Waals surface area contributed by atoms with Gasteiger partial charge in [-0.3, -0.25) is 4.79 Å². The molecule has 0 aromatic rings. The van der Waals surface area contributed by atoms with Gasteiger partial charge in [0.15, 0.2) is 6.29 Å². The predicted octanol–water partition coefficient (Wildman–Crippen LogP) is 0.276. The van der Waals surface area contributed by atoms with Crippen LogP contribution in [0.3, 0.4) is 0 Å². The second kappa shape index (κ2) is 5.11. The highest BCUT2D eigenvalue weighted by atomic mass is 16.7. The van der Waals surface area contributed by atoms with Crippen molar-refractivity contribution in [3.05, 3.63) is 0 Å². The van der Waals surface area contributed by atoms with E-state index in [1.807, 2.05) is 0 Å². The molecule has 0 aromatic carbocycles. The first kappa shape index (κ1) is 9.48. The maximum atomic E-state index is 10.5. The number of carbonyl (C=O) groups is 1. The molecule has 70 valence electrons. The van der Waals surface area contributed by atoms with Crippen LogP contribution in [0.4, 0.5) is 0 Å². The van der Waals surface area contributed by atoms with Gasteiger partial charge in [0.2, 0.25) is 5.91 Å². The summed E-state index contributed by atoms with van der Waals surface area (Å²) >= 11 is 0. The number of amides is 1. The van der Waals surface area contributed by atoms with Crippen LogP contribution in [0.15, 0.2) is 0 Å². The van der Waals surface area contributed by atoms with E-state index in [9.17, 15) is 4.79 Å². The molecule has 0 bridgehead atoms. The molecule has 1 aliphatic heterocycles. The summed E-state index contributed by atoms with van der Waals surface area (Å²) in [7, 11) is 0. The zero-order valence-corrected chi connectivity index (χ0v) is 7.34. The Morgan fingerprint density at radius 2 is 2.17 bits per heavy atom. The Bertz CT molecular complexity index is 143. The fourth-order valence-corrected chi connectivity index (χ4v) is 1.07. The van der Waals surface area contributed by atoms with Gasteiger partial charge in [0.05, 0.1) is 13.2 Å². The summed E-state index contributed by atoms with van der Waals surface area (Å²) < 4.78 is 10.6. The highest BCUT2D eigenvalue weighted by Gasteiger charge is 2.13. The van der Waals surface area contributed by atoms with Crippen LogP contribution < -0.4 is 5.32 Å². The summed E-state index contributed by atoms with van der Waals surface area (Å²) in [5.41, 5.74) is 0. The third-order valence-electron chi connectivity index (χ3n) is 1.65. The van der Waals surface area contributed by atoms with Crippen molar-refractivity contribution >= 4 is 5.91 Å². The molecule has 1 heterocycles. The lowest BCUT2D eigenvalue weighted by Crippen LogP contribution is -2.30. The van der Waals surface area contributed by atoms with Crippen molar-refractivity contribution in [2.45, 2.75) is 26.1 Å². The van der Waals surface area contributed by atoms with E-state index in [4.69, 9.17) is 9.47 Å². The van der Waals surface area contributed by atoms with Crippen LogP contribution in [-0.4, -0.2) is 32.0 Å². The van der Waals surface area contributed by atoms with Crippen molar-refractivity contribution in [2.24, 2.45) is 0 Å². The monoisotopic (exact) mass is 173 g/mol. The van der Waals surface area contributed by atoms with Crippen LogP contribution in [0, 0.1) is 0 Å². The molecule has 0 atom stereocenters. The zero-order valence-electron chi connectivity index (χ0n) is 7.34. The topological polar surface area (TPSA) is 47.6 Å². The summed E-state index contributed by atoms with van der Waals surface area (Å²) in [6, 6.07) is 0. The van der Waals surface area contributed by atoms with E-state index in [1.165, 1.54) is 6.92 Å². The second-order valence-electron chi connectivity index (χ2n) is 2.80. The molecule has 1 N–H and O–H groups in total. The van der Waals surface area contributed by atoms with Crippen LogP contribution in [0.1, 0.15) is 19.8 Å². The Hall–Kier alpha value is -0.610. The molecule has 12 heavy (non-hydrogen) atoms. The average molecular weight is 173 g/mol. The van der Waals surface area contributed by atoms with E-state index < -0.39 is 0 Å². The summed E-state index contributed by atoms with van der Waals surface area (Å²) in [4.78, 5) is 10.5. The van der Waals surface area contributed by atoms with Gasteiger partial charge >= 0.3 is 0 Å². The number of hydrogen-bond acceptors (Lipinski definition) is 3. The van der Waals surface area contributed by atoms with Gasteiger partial charge in [0, 0.05) is 19.9 Å². The number of carbonyl (C=O) groups excluding carboxylic acids is 1. The van der Waals surface area contributed by atoms with Gasteiger partial charge < -0.3 is 14.8 Å². The summed E-state index contributed by atoms with van der Waals surface area (Å²) in [5, 5.41) is 2.69. The van der Waals surface area contributed by atoms with Crippen molar-refractivity contribution in [3.8, 4) is 0 Å². The number of ether oxygens (including phenoxy) is 2. The molecule has 4 nitrogen and oxygen atoms in total. The first-order valence-corrected chi connectivity index (χ1v) is 4.26. The minimum Gasteiger partial charge on any atom is -0.356 e. The molecule has 0 radical (unpaired) electrons. The third-order valence-corrected chi connectivity index (χ3v) is 1.65. The van der Waals surface area contributed by atoms with E-state index in [0.717, 1.165) is 26.1 Å². The van der Waals surface area contributed by atoms with E-state index in [0.29, 0.717) is 6.54 Å². The molecule has 0 saturated carbocycles. The van der Waals surface area contributed by atoms with Gasteiger partial charge in [0.25, 0.3) is 0 Å². The maximum Gasteiger partial charge on any atom is 0.216 e. The van der Waals surface area contributed by atoms with Crippen LogP contribution in [0.5, 0.6) is 0 Å². The van der Waals surface area contributed by atoms with Gasteiger partial charge in [-0.25, -0.2) is 0 Å². The molecule has 0 aromatic heterocycles. The van der Waals surface area contributed by atoms with Crippen molar-refractivity contribution in [3.63, 3.8) is 0 Å². The molecule has 1 rings (SSSR count). The van der Waals surface area contributed by atoms with Crippen LogP contribution in [0.2, 0.25) is 0 Å². The summed E-state index contributed by atoms with van der Waals surface area (Å²) in [5.74, 6) is -0.00851. The van der Waals surface area contributed by atoms with Crippen molar-refractivity contribution in [2.75, 3.05) is 19.8 Å². The molecular weight excluding hydrogens is 158 g/mol. The minimum absolute atomic E-state index is 0.00851. The molecule has 1 aliphatic rings. The highest BCUT2D eigenvalue weighted by molar-refractivity contribution is 5.72. The molecule has 0 unspecified atom stereocenters. The lowest BCUT2D eigenvalue weighted by Gasteiger charge is -2.22. The Kier molecular flexibility index (Phi) is 4.04. The molecule has 0 spiro atoms. The summed E-state index contributed by atoms with van der Waals surface area (Å²) in [6.07, 6.45) is 1.58. The maximum absolute atomic E-state index is 10.5. The number of nitrogens with one attached hydrogen (secondary N) is 1. The van der Waals surface area contributed by atoms with E-state index in [1.54, 1.807) is 0 Å². The Morgan fingerprint density at radius 3 is 2.75 bits per heavy atom. The third kappa shape index (κ3) is 3.69. The van der Waals surface area contributed by atoms with Crippen LogP contribution in [-0.2, 0) is 14.3 Å². The highest BCUT2D eigenvalue weighted by Crippen LogP contribution is 2.07. The quantitative estimate of drug-likeness (QED) is 0.666. The molecule has 1 fully saturated rings. The standard InChI is InChI=1S/C8H15NO3/c1-7(10)9-4-3-8-11-5-2-6-12-8/h8H,2-6H2,1H3,(H,9,10). The normalized spacial score (nSPS) is 19.1. The molecule has 0 aliphatic carbocycles. The van der Waals surface area contributed by atoms with Gasteiger partial charge in [0.1, 0.15) is 0 Å². The average Bonchev–Trinajstić information content (AvgIpc) is 2.05. The molecule has 1 saturated heterocycles. The minimum atomic E-state index is -0.120. The van der Waals surface area contributed by atoms with Crippen molar-refractivity contribution < 1.29 is 14.3 Å². The first-order valence-electron chi connectivity index (χ1n) is 4.26. The fraction of sp³-hybridized carbons (Fsp3) is 0.875. The van der Waals surface area contributed by atoms with E-state index in [2.05, 4.69) is 5.32 Å². The Labute approximate surface area is 72.2 Å². The van der Waals surface area contributed by atoms with Crippen molar-refractivity contribution in [1.82, 2.24) is 5.32 Å². The molecular formula is C8H15NO3. The van der Waals surface area contributed by atoms with Crippen LogP contribution in [0.25, 0.3) is 0 Å². The largest absolute Gasteiger partial charge is 0.356 e. The van der Waals surface area contributed by atoms with E-state index >= 15 is 0 Å². The van der Waals surface area contributed by atoms with Crippen molar-refractivity contribution in [1.29, 1.82) is 0 Å². The predicted molar refractivity (Wildman–Crippen MR) is 43.6 cm³/mol. The molecule has 1 amide bonds. The van der Waals surface area contributed by atoms with Gasteiger partial charge in [-0.1, -0.05) is 0 Å². The number of hydrogen-bond donors (Lipinski definition) is 1. The fourth-order valence-electron chi connectivity index (χ4n) is 1.07. The molecule has 4 heteroatoms. The zero-order chi connectivity index (χ0) is 8.81. The van der Waals surface area contributed by atoms with Gasteiger partial charge in [-0.15, -0.1) is 0 Å². The Morgan fingerprint density at radius 1 is 1.50 bits per heavy atom. The Balaban J connectivity index is 2.01. The smallest absolute Gasteiger partial charge is 0.216 e. The SMILES string of the molecule is CC(=O)NCCC1OCCCO1. The lowest BCUT2D eigenvalue weighted by molar-refractivity contribution is -0.180. The number of rotatable bonds is 3. The second-order valence-corrected chi connectivity index (χ2v) is 2.80. The summed E-state index contributed by atoms with van der Waals surface area (Å²) in [6.45, 7) is 3.66. The first-order chi connectivity index (χ1) is 5.79. The lowest BCUT2D eigenvalue weighted by atomic mass is 10.3. The van der Waals surface area contributed by atoms with E-state index in [-0.39, 0.29) is 12.2 Å². The van der Waals surface area contributed by atoms with Crippen LogP contribution >= 0.6 is 0 Å². The van der Waals surface area contributed by atoms with Gasteiger partial charge in [-0.05, 0) is 6.42 Å². The van der Waals surface area contributed by atoms with Gasteiger partial charge in [-0.2, -0.15) is 0 Å².